The van der Waals surface area contributed by atoms with Crippen molar-refractivity contribution in [2.24, 2.45) is 5.92 Å². The van der Waals surface area contributed by atoms with Crippen LogP contribution in [0.3, 0.4) is 0 Å². The van der Waals surface area contributed by atoms with Crippen LogP contribution in [0.25, 0.3) is 0 Å². The number of hydrogen-bond acceptors (Lipinski definition) is 3. The normalized spacial score (nSPS) is 29.3. The number of hydrogen-bond donors (Lipinski definition) is 1. The second-order valence-electron chi connectivity index (χ2n) is 2.45. The number of nitrogens with zero attached hydrogens (tertiary/aromatic N) is 1. The minimum absolute atomic E-state index is 0.694. The summed E-state index contributed by atoms with van der Waals surface area (Å²) >= 11 is 3.70. The van der Waals surface area contributed by atoms with Gasteiger partial charge in [-0.1, -0.05) is 9.39 Å². The Morgan fingerprint density at radius 3 is 3.00 bits per heavy atom. The van der Waals surface area contributed by atoms with Gasteiger partial charge in [-0.05, 0) is 25.2 Å². The lowest BCUT2D eigenvalue weighted by Crippen LogP contribution is -2.10. The van der Waals surface area contributed by atoms with Gasteiger partial charge in [0.1, 0.15) is 0 Å². The predicted octanol–water partition coefficient (Wildman–Crippen LogP) is 0.960. The first-order chi connectivity index (χ1) is 4.33. The van der Waals surface area contributed by atoms with Crippen LogP contribution in [0, 0.1) is 5.92 Å². The molecule has 0 aromatic carbocycles. The zero-order chi connectivity index (χ0) is 6.69. The lowest BCUT2D eigenvalue weighted by Gasteiger charge is -2.06. The molecule has 2 nitrogen and oxygen atoms in total. The molecule has 0 radical (unpaired) electrons. The zero-order valence-corrected chi connectivity index (χ0v) is 7.33. The van der Waals surface area contributed by atoms with Gasteiger partial charge in [0.05, 0.1) is 6.61 Å². The second kappa shape index (κ2) is 3.77. The van der Waals surface area contributed by atoms with E-state index in [4.69, 9.17) is 4.18 Å². The van der Waals surface area contributed by atoms with Crippen molar-refractivity contribution in [3.8, 4) is 0 Å². The molecular formula is C5H12NOPS. The molecule has 0 saturated carbocycles. The highest BCUT2D eigenvalue weighted by Crippen LogP contribution is 2.19. The number of rotatable bonds is 2. The summed E-state index contributed by atoms with van der Waals surface area (Å²) in [7, 11) is 2.70. The summed E-state index contributed by atoms with van der Waals surface area (Å²) in [6.07, 6.45) is 1.24. The Balaban J connectivity index is 2.14. The van der Waals surface area contributed by atoms with Gasteiger partial charge in [0.2, 0.25) is 0 Å². The van der Waals surface area contributed by atoms with E-state index in [-0.39, 0.29) is 0 Å². The Labute approximate surface area is 63.8 Å². The van der Waals surface area contributed by atoms with Gasteiger partial charge in [0.15, 0.2) is 0 Å². The van der Waals surface area contributed by atoms with E-state index < -0.39 is 0 Å². The fraction of sp³-hybridized carbons (Fsp3) is 1.00. The van der Waals surface area contributed by atoms with E-state index in [1.807, 2.05) is 0 Å². The summed E-state index contributed by atoms with van der Waals surface area (Å²) in [6.45, 7) is 3.09. The third-order valence-corrected chi connectivity index (χ3v) is 2.25. The van der Waals surface area contributed by atoms with Crippen LogP contribution < -0.4 is 0 Å². The lowest BCUT2D eigenvalue weighted by molar-refractivity contribution is 0.301. The minimum atomic E-state index is 0.694. The van der Waals surface area contributed by atoms with Gasteiger partial charge in [-0.15, -0.1) is 0 Å². The predicted molar refractivity (Wildman–Crippen MR) is 44.3 cm³/mol. The Bertz CT molecular complexity index is 91.0. The van der Waals surface area contributed by atoms with Crippen molar-refractivity contribution in [2.45, 2.75) is 6.42 Å². The molecule has 1 saturated heterocycles. The van der Waals surface area contributed by atoms with Crippen molar-refractivity contribution < 1.29 is 4.18 Å². The average Bonchev–Trinajstić information content (AvgIpc) is 2.17. The maximum atomic E-state index is 4.73. The van der Waals surface area contributed by atoms with E-state index in [1.54, 1.807) is 0 Å². The molecule has 0 amide bonds. The molecule has 0 spiro atoms. The molecule has 0 N–H and O–H groups in total. The molecule has 54 valence electrons. The molecule has 2 unspecified atom stereocenters. The van der Waals surface area contributed by atoms with Gasteiger partial charge < -0.3 is 4.18 Å². The van der Waals surface area contributed by atoms with E-state index in [0.717, 1.165) is 13.2 Å². The van der Waals surface area contributed by atoms with E-state index >= 15 is 0 Å². The van der Waals surface area contributed by atoms with E-state index in [1.165, 1.54) is 13.0 Å². The highest BCUT2D eigenvalue weighted by atomic mass is 32.1. The largest absolute Gasteiger partial charge is 0.318 e. The van der Waals surface area contributed by atoms with Gasteiger partial charge in [-0.3, -0.25) is 4.67 Å². The van der Waals surface area contributed by atoms with Gasteiger partial charge >= 0.3 is 0 Å². The smallest absolute Gasteiger partial charge is 0.0651 e. The average molecular weight is 165 g/mol. The Morgan fingerprint density at radius 1 is 1.78 bits per heavy atom. The van der Waals surface area contributed by atoms with Gasteiger partial charge in [0, 0.05) is 13.1 Å². The first-order valence-corrected chi connectivity index (χ1v) is 3.97. The highest BCUT2D eigenvalue weighted by Gasteiger charge is 2.18. The van der Waals surface area contributed by atoms with Crippen molar-refractivity contribution in [3.63, 3.8) is 0 Å². The van der Waals surface area contributed by atoms with Gasteiger partial charge in [0.25, 0.3) is 0 Å². The van der Waals surface area contributed by atoms with Gasteiger partial charge in [-0.25, -0.2) is 0 Å². The van der Waals surface area contributed by atoms with Crippen LogP contribution in [-0.2, 0) is 4.18 Å². The lowest BCUT2D eigenvalue weighted by atomic mass is 10.1. The molecule has 1 heterocycles. The van der Waals surface area contributed by atoms with Crippen LogP contribution in [0.5, 0.6) is 0 Å². The van der Waals surface area contributed by atoms with Gasteiger partial charge in [-0.2, -0.15) is 0 Å². The number of thiol groups is 1. The third-order valence-electron chi connectivity index (χ3n) is 1.63. The van der Waals surface area contributed by atoms with Crippen molar-refractivity contribution in [1.82, 2.24) is 4.67 Å². The van der Waals surface area contributed by atoms with Crippen LogP contribution in [0.1, 0.15) is 6.42 Å². The SMILES string of the molecule is PN1CCC(COS)C1. The molecule has 9 heavy (non-hydrogen) atoms. The second-order valence-corrected chi connectivity index (χ2v) is 3.43. The molecule has 1 rings (SSSR count). The van der Waals surface area contributed by atoms with Crippen molar-refractivity contribution >= 4 is 22.3 Å². The first-order valence-electron chi connectivity index (χ1n) is 3.09. The maximum Gasteiger partial charge on any atom is 0.0651 e. The quantitative estimate of drug-likeness (QED) is 0.372. The Hall–Kier alpha value is 0.700. The standard InChI is InChI=1S/C5H12NOPS/c8-6-2-1-5(3-6)4-7-9/h5,9H,1-4,8H2. The molecule has 1 aliphatic rings. The molecule has 1 fully saturated rings. The Morgan fingerprint density at radius 2 is 2.56 bits per heavy atom. The van der Waals surface area contributed by atoms with E-state index in [2.05, 4.69) is 27.0 Å². The molecule has 4 heteroatoms. The molecular weight excluding hydrogens is 153 g/mol. The van der Waals surface area contributed by atoms with Crippen molar-refractivity contribution in [3.05, 3.63) is 0 Å². The maximum absolute atomic E-state index is 4.73. The fourth-order valence-corrected chi connectivity index (χ4v) is 1.76. The van der Waals surface area contributed by atoms with Crippen LogP contribution in [-0.4, -0.2) is 24.4 Å². The Kier molecular flexibility index (Phi) is 3.27. The highest BCUT2D eigenvalue weighted by molar-refractivity contribution is 7.75. The first kappa shape index (κ1) is 7.80. The summed E-state index contributed by atoms with van der Waals surface area (Å²) in [5, 5.41) is 0. The van der Waals surface area contributed by atoms with Crippen molar-refractivity contribution in [2.75, 3.05) is 19.7 Å². The van der Waals surface area contributed by atoms with Crippen LogP contribution in [0.15, 0.2) is 0 Å². The molecule has 1 aliphatic heterocycles. The van der Waals surface area contributed by atoms with Crippen LogP contribution in [0.4, 0.5) is 0 Å². The van der Waals surface area contributed by atoms with Crippen LogP contribution in [0.2, 0.25) is 0 Å². The minimum Gasteiger partial charge on any atom is -0.318 e. The monoisotopic (exact) mass is 165 g/mol. The summed E-state index contributed by atoms with van der Waals surface area (Å²) < 4.78 is 6.97. The van der Waals surface area contributed by atoms with E-state index in [0.29, 0.717) is 5.92 Å². The molecule has 2 atom stereocenters. The third kappa shape index (κ3) is 2.42. The summed E-state index contributed by atoms with van der Waals surface area (Å²) in [4.78, 5) is 0. The van der Waals surface area contributed by atoms with E-state index in [9.17, 15) is 0 Å². The van der Waals surface area contributed by atoms with Crippen LogP contribution >= 0.6 is 22.3 Å². The topological polar surface area (TPSA) is 12.5 Å². The molecule has 0 aromatic heterocycles. The molecule has 0 bridgehead atoms. The summed E-state index contributed by atoms with van der Waals surface area (Å²) in [5.41, 5.74) is 0. The summed E-state index contributed by atoms with van der Waals surface area (Å²) in [5.74, 6) is 0.694. The summed E-state index contributed by atoms with van der Waals surface area (Å²) in [6, 6.07) is 0. The fourth-order valence-electron chi connectivity index (χ4n) is 1.10. The van der Waals surface area contributed by atoms with Crippen molar-refractivity contribution in [1.29, 1.82) is 0 Å². The molecule has 0 aliphatic carbocycles. The molecule has 0 aromatic rings. The zero-order valence-electron chi connectivity index (χ0n) is 5.29.